The van der Waals surface area contributed by atoms with Gasteiger partial charge in [0.25, 0.3) is 0 Å². The second-order valence-corrected chi connectivity index (χ2v) is 3.75. The summed E-state index contributed by atoms with van der Waals surface area (Å²) in [6.45, 7) is -0.423. The summed E-state index contributed by atoms with van der Waals surface area (Å²) in [4.78, 5) is 22.1. The Kier molecular flexibility index (Phi) is 3.69. The number of anilines is 1. The van der Waals surface area contributed by atoms with Crippen molar-refractivity contribution in [3.05, 3.63) is 41.7 Å². The maximum absolute atomic E-state index is 13.3. The Bertz CT molecular complexity index is 651. The molecular weight excluding hydrogens is 274 g/mol. The van der Waals surface area contributed by atoms with Gasteiger partial charge in [-0.25, -0.2) is 18.3 Å². The summed E-state index contributed by atoms with van der Waals surface area (Å²) in [5.74, 6) is -3.89. The van der Waals surface area contributed by atoms with Crippen LogP contribution in [0.15, 0.2) is 24.4 Å². The summed E-state index contributed by atoms with van der Waals surface area (Å²) >= 11 is 0. The third-order valence-corrected chi connectivity index (χ3v) is 2.29. The molecule has 0 radical (unpaired) electrons. The maximum atomic E-state index is 13.3. The highest BCUT2D eigenvalue weighted by molar-refractivity contribution is 5.91. The molecule has 9 heteroatoms. The standard InChI is InChI=1S/C11H8F2N4O3/c12-6-2-1-3-7(13)10(6)14-9(18)5-17-4-8(11(19)20)15-16-17/h1-4H,5H2,(H,14,18)(H,19,20). The van der Waals surface area contributed by atoms with E-state index in [1.807, 2.05) is 5.32 Å². The number of carbonyl (C=O) groups excluding carboxylic acids is 1. The van der Waals surface area contributed by atoms with Gasteiger partial charge in [0.2, 0.25) is 5.91 Å². The number of hydrogen-bond donors (Lipinski definition) is 2. The van der Waals surface area contributed by atoms with E-state index < -0.39 is 35.7 Å². The van der Waals surface area contributed by atoms with E-state index in [1.165, 1.54) is 0 Å². The Hall–Kier alpha value is -2.84. The van der Waals surface area contributed by atoms with Crippen molar-refractivity contribution in [2.24, 2.45) is 0 Å². The van der Waals surface area contributed by atoms with E-state index in [2.05, 4.69) is 10.3 Å². The quantitative estimate of drug-likeness (QED) is 0.868. The van der Waals surface area contributed by atoms with Crippen LogP contribution in [0.2, 0.25) is 0 Å². The third-order valence-electron chi connectivity index (χ3n) is 2.29. The molecule has 1 heterocycles. The number of rotatable bonds is 4. The third kappa shape index (κ3) is 2.94. The van der Waals surface area contributed by atoms with Gasteiger partial charge in [0, 0.05) is 0 Å². The summed E-state index contributed by atoms with van der Waals surface area (Å²) in [7, 11) is 0. The van der Waals surface area contributed by atoms with Crippen LogP contribution in [-0.2, 0) is 11.3 Å². The van der Waals surface area contributed by atoms with E-state index in [-0.39, 0.29) is 5.69 Å². The fourth-order valence-corrected chi connectivity index (χ4v) is 1.42. The molecule has 0 bridgehead atoms. The number of amides is 1. The second-order valence-electron chi connectivity index (χ2n) is 3.75. The number of carboxylic acid groups (broad SMARTS) is 1. The molecule has 0 saturated heterocycles. The van der Waals surface area contributed by atoms with Crippen molar-refractivity contribution in [2.45, 2.75) is 6.54 Å². The van der Waals surface area contributed by atoms with E-state index in [1.54, 1.807) is 0 Å². The summed E-state index contributed by atoms with van der Waals surface area (Å²) in [5, 5.41) is 17.4. The fourth-order valence-electron chi connectivity index (χ4n) is 1.42. The molecule has 0 saturated carbocycles. The summed E-state index contributed by atoms with van der Waals surface area (Å²) in [6.07, 6.45) is 1.03. The average molecular weight is 282 g/mol. The molecule has 7 nitrogen and oxygen atoms in total. The highest BCUT2D eigenvalue weighted by atomic mass is 19.1. The van der Waals surface area contributed by atoms with Crippen molar-refractivity contribution in [2.75, 3.05) is 5.32 Å². The molecule has 0 fully saturated rings. The monoisotopic (exact) mass is 282 g/mol. The molecular formula is C11H8F2N4O3. The van der Waals surface area contributed by atoms with Gasteiger partial charge in [-0.1, -0.05) is 11.3 Å². The molecule has 1 amide bonds. The van der Waals surface area contributed by atoms with Crippen LogP contribution in [0.4, 0.5) is 14.5 Å². The molecule has 1 aromatic heterocycles. The van der Waals surface area contributed by atoms with Gasteiger partial charge in [-0.2, -0.15) is 0 Å². The molecule has 0 atom stereocenters. The number of carbonyl (C=O) groups is 2. The number of para-hydroxylation sites is 1. The van der Waals surface area contributed by atoms with Crippen LogP contribution in [-0.4, -0.2) is 32.0 Å². The lowest BCUT2D eigenvalue weighted by atomic mass is 10.3. The first kappa shape index (κ1) is 13.6. The summed E-state index contributed by atoms with van der Waals surface area (Å²) in [6, 6.07) is 3.16. The average Bonchev–Trinajstić information content (AvgIpc) is 2.82. The van der Waals surface area contributed by atoms with Crippen molar-refractivity contribution in [3.8, 4) is 0 Å². The first-order chi connectivity index (χ1) is 9.47. The predicted molar refractivity (Wildman–Crippen MR) is 62.0 cm³/mol. The van der Waals surface area contributed by atoms with E-state index in [0.717, 1.165) is 29.1 Å². The molecule has 1 aromatic carbocycles. The number of hydrogen-bond acceptors (Lipinski definition) is 4. The van der Waals surface area contributed by atoms with Crippen LogP contribution in [0.3, 0.4) is 0 Å². The van der Waals surface area contributed by atoms with Crippen molar-refractivity contribution < 1.29 is 23.5 Å². The Labute approximate surface area is 110 Å². The number of benzene rings is 1. The first-order valence-corrected chi connectivity index (χ1v) is 5.34. The smallest absolute Gasteiger partial charge is 0.358 e. The highest BCUT2D eigenvalue weighted by Gasteiger charge is 2.14. The molecule has 0 spiro atoms. The minimum absolute atomic E-state index is 0.338. The normalized spacial score (nSPS) is 10.3. The van der Waals surface area contributed by atoms with Crippen molar-refractivity contribution in [1.82, 2.24) is 15.0 Å². The minimum Gasteiger partial charge on any atom is -0.476 e. The number of aromatic nitrogens is 3. The zero-order valence-corrected chi connectivity index (χ0v) is 9.88. The molecule has 104 valence electrons. The van der Waals surface area contributed by atoms with Crippen LogP contribution in [0.1, 0.15) is 10.5 Å². The minimum atomic E-state index is -1.29. The van der Waals surface area contributed by atoms with E-state index >= 15 is 0 Å². The highest BCUT2D eigenvalue weighted by Crippen LogP contribution is 2.17. The molecule has 0 aliphatic rings. The SMILES string of the molecule is O=C(Cn1cc(C(=O)O)nn1)Nc1c(F)cccc1F. The lowest BCUT2D eigenvalue weighted by Gasteiger charge is -2.06. The number of halogens is 2. The lowest BCUT2D eigenvalue weighted by Crippen LogP contribution is -2.20. The summed E-state index contributed by atoms with van der Waals surface area (Å²) < 4.78 is 27.5. The second kappa shape index (κ2) is 5.43. The van der Waals surface area contributed by atoms with Crippen LogP contribution in [0.5, 0.6) is 0 Å². The van der Waals surface area contributed by atoms with Crippen molar-refractivity contribution in [1.29, 1.82) is 0 Å². The molecule has 0 aliphatic carbocycles. The number of nitrogens with zero attached hydrogens (tertiary/aromatic N) is 3. The molecule has 0 unspecified atom stereocenters. The van der Waals surface area contributed by atoms with Gasteiger partial charge in [-0.3, -0.25) is 4.79 Å². The van der Waals surface area contributed by atoms with E-state index in [0.29, 0.717) is 0 Å². The molecule has 0 aliphatic heterocycles. The largest absolute Gasteiger partial charge is 0.476 e. The van der Waals surface area contributed by atoms with Gasteiger partial charge in [0.1, 0.15) is 23.9 Å². The Morgan fingerprint density at radius 1 is 1.30 bits per heavy atom. The van der Waals surface area contributed by atoms with Gasteiger partial charge < -0.3 is 10.4 Å². The predicted octanol–water partition coefficient (Wildman–Crippen LogP) is 0.893. The topological polar surface area (TPSA) is 97.1 Å². The zero-order chi connectivity index (χ0) is 14.7. The van der Waals surface area contributed by atoms with Crippen LogP contribution < -0.4 is 5.32 Å². The zero-order valence-electron chi connectivity index (χ0n) is 9.88. The Balaban J connectivity index is 2.07. The molecule has 2 aromatic rings. The van der Waals surface area contributed by atoms with Crippen LogP contribution in [0.25, 0.3) is 0 Å². The fraction of sp³-hybridized carbons (Fsp3) is 0.0909. The van der Waals surface area contributed by atoms with Crippen molar-refractivity contribution >= 4 is 17.6 Å². The van der Waals surface area contributed by atoms with Gasteiger partial charge in [-0.05, 0) is 12.1 Å². The molecule has 20 heavy (non-hydrogen) atoms. The Morgan fingerprint density at radius 3 is 2.50 bits per heavy atom. The molecule has 2 rings (SSSR count). The van der Waals surface area contributed by atoms with Crippen molar-refractivity contribution in [3.63, 3.8) is 0 Å². The van der Waals surface area contributed by atoms with Crippen LogP contribution in [0, 0.1) is 11.6 Å². The van der Waals surface area contributed by atoms with Gasteiger partial charge in [-0.15, -0.1) is 5.10 Å². The van der Waals surface area contributed by atoms with Crippen LogP contribution >= 0.6 is 0 Å². The number of carboxylic acids is 1. The lowest BCUT2D eigenvalue weighted by molar-refractivity contribution is -0.117. The number of aromatic carboxylic acids is 1. The molecule has 2 N–H and O–H groups in total. The van der Waals surface area contributed by atoms with Gasteiger partial charge in [0.05, 0.1) is 6.20 Å². The first-order valence-electron chi connectivity index (χ1n) is 5.34. The maximum Gasteiger partial charge on any atom is 0.358 e. The van der Waals surface area contributed by atoms with E-state index in [9.17, 15) is 18.4 Å². The van der Waals surface area contributed by atoms with E-state index in [4.69, 9.17) is 5.11 Å². The number of nitrogens with one attached hydrogen (secondary N) is 1. The van der Waals surface area contributed by atoms with Gasteiger partial charge in [0.15, 0.2) is 5.69 Å². The van der Waals surface area contributed by atoms with Gasteiger partial charge >= 0.3 is 5.97 Å². The summed E-state index contributed by atoms with van der Waals surface area (Å²) in [5.41, 5.74) is -0.911. The Morgan fingerprint density at radius 2 is 1.95 bits per heavy atom.